The van der Waals surface area contributed by atoms with Crippen LogP contribution in [0.25, 0.3) is 0 Å². The smallest absolute Gasteiger partial charge is 0.240 e. The summed E-state index contributed by atoms with van der Waals surface area (Å²) in [4.78, 5) is 12.3. The number of hydrogen-bond acceptors (Lipinski definition) is 3. The van der Waals surface area contributed by atoms with Gasteiger partial charge in [0.2, 0.25) is 5.91 Å². The highest BCUT2D eigenvalue weighted by Gasteiger charge is 2.40. The van der Waals surface area contributed by atoms with E-state index in [0.717, 1.165) is 36.8 Å². The van der Waals surface area contributed by atoms with E-state index in [1.165, 1.54) is 0 Å². The summed E-state index contributed by atoms with van der Waals surface area (Å²) in [7, 11) is 0. The molecule has 1 saturated carbocycles. The number of amides is 1. The van der Waals surface area contributed by atoms with E-state index in [1.54, 1.807) is 0 Å². The van der Waals surface area contributed by atoms with Gasteiger partial charge in [-0.2, -0.15) is 0 Å². The summed E-state index contributed by atoms with van der Waals surface area (Å²) in [6.45, 7) is 0. The Bertz CT molecular complexity index is 500. The van der Waals surface area contributed by atoms with Gasteiger partial charge in [-0.05, 0) is 24.0 Å². The molecule has 20 heavy (non-hydrogen) atoms. The van der Waals surface area contributed by atoms with Crippen LogP contribution in [0.15, 0.2) is 24.3 Å². The lowest BCUT2D eigenvalue weighted by Crippen LogP contribution is -2.53. The molecule has 2 aliphatic carbocycles. The number of fused-ring (bicyclic) bond motifs is 1. The molecule has 3 rings (SSSR count). The average Bonchev–Trinajstić information content (AvgIpc) is 2.96. The van der Waals surface area contributed by atoms with E-state index in [2.05, 4.69) is 5.32 Å². The summed E-state index contributed by atoms with van der Waals surface area (Å²) in [5.74, 6) is -0.120. The van der Waals surface area contributed by atoms with Crippen LogP contribution in [0.4, 0.5) is 0 Å². The Hall–Kier alpha value is -1.10. The number of nitrogens with one attached hydrogen (secondary N) is 1. The minimum absolute atomic E-state index is 0. The van der Waals surface area contributed by atoms with Gasteiger partial charge >= 0.3 is 0 Å². The minimum atomic E-state index is -0.739. The molecule has 2 aliphatic rings. The van der Waals surface area contributed by atoms with Crippen LogP contribution in [-0.2, 0) is 11.2 Å². The van der Waals surface area contributed by atoms with Crippen molar-refractivity contribution in [1.82, 2.24) is 5.32 Å². The van der Waals surface area contributed by atoms with E-state index < -0.39 is 11.6 Å². The molecule has 0 saturated heterocycles. The minimum Gasteiger partial charge on any atom is -0.390 e. The highest BCUT2D eigenvalue weighted by molar-refractivity contribution is 5.87. The standard InChI is InChI=1S/C15H20N2O2.ClH/c16-15(7-3-4-8-15)14(19)17-13-11-6-2-1-5-10(11)9-12(13)18;/h1-2,5-6,12-13,18H,3-4,7-9,16H2,(H,17,19);1H/t12-,13+;/m1./s1. The Morgan fingerprint density at radius 1 is 1.30 bits per heavy atom. The molecular formula is C15H21ClN2O2. The molecule has 110 valence electrons. The Morgan fingerprint density at radius 2 is 1.95 bits per heavy atom. The van der Waals surface area contributed by atoms with E-state index in [0.29, 0.717) is 6.42 Å². The monoisotopic (exact) mass is 296 g/mol. The van der Waals surface area contributed by atoms with Gasteiger partial charge in [-0.15, -0.1) is 12.4 Å². The summed E-state index contributed by atoms with van der Waals surface area (Å²) < 4.78 is 0. The molecule has 1 aromatic carbocycles. The molecule has 5 heteroatoms. The molecule has 1 amide bonds. The van der Waals surface area contributed by atoms with Crippen molar-refractivity contribution in [3.63, 3.8) is 0 Å². The van der Waals surface area contributed by atoms with Crippen LogP contribution < -0.4 is 11.1 Å². The second-order valence-electron chi connectivity index (χ2n) is 5.78. The van der Waals surface area contributed by atoms with Crippen molar-refractivity contribution in [3.8, 4) is 0 Å². The van der Waals surface area contributed by atoms with Crippen molar-refractivity contribution in [2.75, 3.05) is 0 Å². The number of aliphatic hydroxyl groups is 1. The number of halogens is 1. The van der Waals surface area contributed by atoms with Crippen molar-refractivity contribution >= 4 is 18.3 Å². The number of benzene rings is 1. The molecule has 0 bridgehead atoms. The molecule has 4 N–H and O–H groups in total. The van der Waals surface area contributed by atoms with Crippen LogP contribution in [0.2, 0.25) is 0 Å². The van der Waals surface area contributed by atoms with Crippen LogP contribution in [0.1, 0.15) is 42.9 Å². The summed E-state index contributed by atoms with van der Waals surface area (Å²) in [6, 6.07) is 7.54. The van der Waals surface area contributed by atoms with E-state index >= 15 is 0 Å². The van der Waals surface area contributed by atoms with Crippen molar-refractivity contribution in [2.24, 2.45) is 5.73 Å². The number of hydrogen-bond donors (Lipinski definition) is 3. The zero-order chi connectivity index (χ0) is 13.5. The lowest BCUT2D eigenvalue weighted by Gasteiger charge is -2.26. The quantitative estimate of drug-likeness (QED) is 0.773. The van der Waals surface area contributed by atoms with Crippen LogP contribution in [0.5, 0.6) is 0 Å². The predicted octanol–water partition coefficient (Wildman–Crippen LogP) is 1.45. The van der Waals surface area contributed by atoms with Gasteiger partial charge in [0, 0.05) is 6.42 Å². The van der Waals surface area contributed by atoms with Crippen molar-refractivity contribution < 1.29 is 9.90 Å². The molecule has 0 aromatic heterocycles. The van der Waals surface area contributed by atoms with Crippen molar-refractivity contribution in [2.45, 2.75) is 49.8 Å². The van der Waals surface area contributed by atoms with Crippen LogP contribution in [0, 0.1) is 0 Å². The summed E-state index contributed by atoms with van der Waals surface area (Å²) in [6.07, 6.45) is 3.54. The predicted molar refractivity (Wildman–Crippen MR) is 79.7 cm³/mol. The zero-order valence-corrected chi connectivity index (χ0v) is 12.2. The first kappa shape index (κ1) is 15.3. The van der Waals surface area contributed by atoms with Crippen LogP contribution in [-0.4, -0.2) is 22.7 Å². The van der Waals surface area contributed by atoms with Crippen molar-refractivity contribution in [3.05, 3.63) is 35.4 Å². The second-order valence-corrected chi connectivity index (χ2v) is 5.78. The van der Waals surface area contributed by atoms with Gasteiger partial charge in [0.05, 0.1) is 17.7 Å². The fraction of sp³-hybridized carbons (Fsp3) is 0.533. The topological polar surface area (TPSA) is 75.4 Å². The molecule has 0 aliphatic heterocycles. The highest BCUT2D eigenvalue weighted by Crippen LogP contribution is 2.33. The van der Waals surface area contributed by atoms with E-state index in [4.69, 9.17) is 5.73 Å². The Balaban J connectivity index is 0.00000147. The molecule has 0 heterocycles. The largest absolute Gasteiger partial charge is 0.390 e. The molecule has 1 aromatic rings. The maximum Gasteiger partial charge on any atom is 0.240 e. The average molecular weight is 297 g/mol. The van der Waals surface area contributed by atoms with Gasteiger partial charge in [-0.25, -0.2) is 0 Å². The third kappa shape index (κ3) is 2.55. The first-order valence-corrected chi connectivity index (χ1v) is 6.96. The number of rotatable bonds is 2. The highest BCUT2D eigenvalue weighted by atomic mass is 35.5. The normalized spacial score (nSPS) is 26.7. The summed E-state index contributed by atoms with van der Waals surface area (Å²) in [5, 5.41) is 13.1. The van der Waals surface area contributed by atoms with Gasteiger partial charge in [0.15, 0.2) is 0 Å². The maximum atomic E-state index is 12.3. The number of aliphatic hydroxyl groups excluding tert-OH is 1. The van der Waals surface area contributed by atoms with Crippen LogP contribution >= 0.6 is 12.4 Å². The van der Waals surface area contributed by atoms with Gasteiger partial charge in [0.1, 0.15) is 0 Å². The number of carbonyl (C=O) groups is 1. The Labute approximate surface area is 125 Å². The lowest BCUT2D eigenvalue weighted by atomic mass is 9.97. The van der Waals surface area contributed by atoms with E-state index in [-0.39, 0.29) is 24.4 Å². The maximum absolute atomic E-state index is 12.3. The number of carbonyl (C=O) groups excluding carboxylic acids is 1. The molecule has 0 unspecified atom stereocenters. The van der Waals surface area contributed by atoms with E-state index in [9.17, 15) is 9.90 Å². The van der Waals surface area contributed by atoms with Gasteiger partial charge in [-0.1, -0.05) is 37.1 Å². The van der Waals surface area contributed by atoms with Crippen molar-refractivity contribution in [1.29, 1.82) is 0 Å². The van der Waals surface area contributed by atoms with E-state index in [1.807, 2.05) is 24.3 Å². The zero-order valence-electron chi connectivity index (χ0n) is 11.3. The second kappa shape index (κ2) is 5.72. The molecule has 4 nitrogen and oxygen atoms in total. The van der Waals surface area contributed by atoms with Gasteiger partial charge in [-0.3, -0.25) is 4.79 Å². The molecule has 0 spiro atoms. The fourth-order valence-electron chi connectivity index (χ4n) is 3.27. The third-order valence-electron chi connectivity index (χ3n) is 4.44. The fourth-order valence-corrected chi connectivity index (χ4v) is 3.27. The number of nitrogens with two attached hydrogens (primary N) is 1. The summed E-state index contributed by atoms with van der Waals surface area (Å²) >= 11 is 0. The van der Waals surface area contributed by atoms with Crippen LogP contribution in [0.3, 0.4) is 0 Å². The molecule has 2 atom stereocenters. The summed E-state index contributed by atoms with van der Waals surface area (Å²) in [5.41, 5.74) is 7.54. The first-order valence-electron chi connectivity index (χ1n) is 6.96. The lowest BCUT2D eigenvalue weighted by molar-refractivity contribution is -0.127. The third-order valence-corrected chi connectivity index (χ3v) is 4.44. The Morgan fingerprint density at radius 3 is 2.65 bits per heavy atom. The first-order chi connectivity index (χ1) is 9.10. The molecular weight excluding hydrogens is 276 g/mol. The SMILES string of the molecule is Cl.NC1(C(=O)N[C@H]2c3ccccc3C[C@H]2O)CCCC1. The Kier molecular flexibility index (Phi) is 4.37. The molecule has 1 fully saturated rings. The molecule has 0 radical (unpaired) electrons. The van der Waals surface area contributed by atoms with Gasteiger partial charge < -0.3 is 16.2 Å². The van der Waals surface area contributed by atoms with Gasteiger partial charge in [0.25, 0.3) is 0 Å².